The van der Waals surface area contributed by atoms with E-state index in [9.17, 15) is 8.42 Å². The Bertz CT molecular complexity index is 332. The van der Waals surface area contributed by atoms with Crippen molar-refractivity contribution in [3.05, 3.63) is 0 Å². The average Bonchev–Trinajstić information content (AvgIpc) is 2.16. The highest BCUT2D eigenvalue weighted by atomic mass is 32.2. The summed E-state index contributed by atoms with van der Waals surface area (Å²) in [5.74, 6) is 0.224. The molecule has 15 heavy (non-hydrogen) atoms. The third-order valence-corrected chi connectivity index (χ3v) is 3.75. The quantitative estimate of drug-likeness (QED) is 0.716. The Labute approximate surface area is 91.8 Å². The summed E-state index contributed by atoms with van der Waals surface area (Å²) in [6.07, 6.45) is 5.05. The van der Waals surface area contributed by atoms with E-state index in [-0.39, 0.29) is 11.8 Å². The van der Waals surface area contributed by atoms with E-state index in [0.717, 1.165) is 32.4 Å². The molecule has 1 aliphatic rings. The minimum atomic E-state index is -2.86. The van der Waals surface area contributed by atoms with Crippen LogP contribution >= 0.6 is 0 Å². The molecule has 0 spiro atoms. The van der Waals surface area contributed by atoms with Gasteiger partial charge in [-0.05, 0) is 32.2 Å². The summed E-state index contributed by atoms with van der Waals surface area (Å²) in [6.45, 7) is 1.66. The largest absolute Gasteiger partial charge is 0.288 e. The van der Waals surface area contributed by atoms with Gasteiger partial charge in [0.15, 0.2) is 0 Å². The molecule has 0 aromatic heterocycles. The van der Waals surface area contributed by atoms with Gasteiger partial charge in [-0.3, -0.25) is 4.90 Å². The standard InChI is InChI=1S/C10H18N2O2S/c1-15(13,14)8-4-7-12-6-3-2-5-10(12)9-11/h10H,2-8H2,1H3. The molecule has 0 aromatic carbocycles. The summed E-state index contributed by atoms with van der Waals surface area (Å²) in [6, 6.07) is 2.28. The molecular formula is C10H18N2O2S. The second kappa shape index (κ2) is 5.47. The van der Waals surface area contributed by atoms with Crippen molar-refractivity contribution in [3.63, 3.8) is 0 Å². The van der Waals surface area contributed by atoms with Crippen molar-refractivity contribution in [2.45, 2.75) is 31.7 Å². The predicted octanol–water partition coefficient (Wildman–Crippen LogP) is 0.799. The molecule has 0 aromatic rings. The summed E-state index contributed by atoms with van der Waals surface area (Å²) in [7, 11) is -2.86. The Kier molecular flexibility index (Phi) is 4.55. The molecule has 4 nitrogen and oxygen atoms in total. The van der Waals surface area contributed by atoms with Crippen LogP contribution in [0.1, 0.15) is 25.7 Å². The Morgan fingerprint density at radius 1 is 1.47 bits per heavy atom. The van der Waals surface area contributed by atoms with Crippen molar-refractivity contribution in [2.24, 2.45) is 0 Å². The van der Waals surface area contributed by atoms with Crippen LogP contribution in [0.15, 0.2) is 0 Å². The van der Waals surface area contributed by atoms with E-state index in [4.69, 9.17) is 5.26 Å². The van der Waals surface area contributed by atoms with Crippen molar-refractivity contribution in [1.29, 1.82) is 5.26 Å². The summed E-state index contributed by atoms with van der Waals surface area (Å²) in [5, 5.41) is 8.91. The summed E-state index contributed by atoms with van der Waals surface area (Å²) >= 11 is 0. The fourth-order valence-corrected chi connectivity index (χ4v) is 2.59. The van der Waals surface area contributed by atoms with Gasteiger partial charge in [-0.1, -0.05) is 0 Å². The molecule has 1 saturated heterocycles. The average molecular weight is 230 g/mol. The monoisotopic (exact) mass is 230 g/mol. The lowest BCUT2D eigenvalue weighted by Gasteiger charge is -2.31. The first-order valence-corrected chi connectivity index (χ1v) is 7.40. The zero-order chi connectivity index (χ0) is 11.3. The van der Waals surface area contributed by atoms with Gasteiger partial charge < -0.3 is 0 Å². The third kappa shape index (κ3) is 4.63. The van der Waals surface area contributed by atoms with Gasteiger partial charge in [0.05, 0.1) is 17.9 Å². The molecule has 0 saturated carbocycles. The van der Waals surface area contributed by atoms with E-state index in [0.29, 0.717) is 6.42 Å². The van der Waals surface area contributed by atoms with Crippen LogP contribution in [-0.2, 0) is 9.84 Å². The molecule has 1 heterocycles. The van der Waals surface area contributed by atoms with Crippen LogP contribution in [0.25, 0.3) is 0 Å². The summed E-state index contributed by atoms with van der Waals surface area (Å²) in [5.41, 5.74) is 0. The van der Waals surface area contributed by atoms with E-state index >= 15 is 0 Å². The van der Waals surface area contributed by atoms with Gasteiger partial charge in [0.25, 0.3) is 0 Å². The number of rotatable bonds is 4. The SMILES string of the molecule is CS(=O)(=O)CCCN1CCCCC1C#N. The van der Waals surface area contributed by atoms with Gasteiger partial charge in [0.2, 0.25) is 0 Å². The zero-order valence-corrected chi connectivity index (χ0v) is 9.96. The molecule has 1 rings (SSSR count). The lowest BCUT2D eigenvalue weighted by atomic mass is 10.0. The van der Waals surface area contributed by atoms with E-state index < -0.39 is 9.84 Å². The Balaban J connectivity index is 2.34. The number of likely N-dealkylation sites (tertiary alicyclic amines) is 1. The first-order valence-electron chi connectivity index (χ1n) is 5.34. The fraction of sp³-hybridized carbons (Fsp3) is 0.900. The number of hydrogen-bond donors (Lipinski definition) is 0. The lowest BCUT2D eigenvalue weighted by molar-refractivity contribution is 0.185. The molecule has 0 bridgehead atoms. The van der Waals surface area contributed by atoms with Crippen molar-refractivity contribution < 1.29 is 8.42 Å². The molecule has 86 valence electrons. The molecule has 1 aliphatic heterocycles. The Morgan fingerprint density at radius 3 is 2.80 bits per heavy atom. The van der Waals surface area contributed by atoms with E-state index in [1.165, 1.54) is 6.26 Å². The van der Waals surface area contributed by atoms with E-state index in [1.807, 2.05) is 0 Å². The van der Waals surface area contributed by atoms with Crippen LogP contribution in [0.5, 0.6) is 0 Å². The van der Waals surface area contributed by atoms with Gasteiger partial charge in [-0.2, -0.15) is 5.26 Å². The number of nitrogens with zero attached hydrogens (tertiary/aromatic N) is 2. The number of piperidine rings is 1. The van der Waals surface area contributed by atoms with E-state index in [2.05, 4.69) is 11.0 Å². The molecular weight excluding hydrogens is 212 g/mol. The zero-order valence-electron chi connectivity index (χ0n) is 9.15. The smallest absolute Gasteiger partial charge is 0.147 e. The molecule has 0 radical (unpaired) electrons. The number of hydrogen-bond acceptors (Lipinski definition) is 4. The molecule has 0 amide bonds. The number of sulfone groups is 1. The van der Waals surface area contributed by atoms with Crippen LogP contribution in [0.4, 0.5) is 0 Å². The Morgan fingerprint density at radius 2 is 2.20 bits per heavy atom. The van der Waals surface area contributed by atoms with Crippen LogP contribution in [0.2, 0.25) is 0 Å². The molecule has 1 unspecified atom stereocenters. The third-order valence-electron chi connectivity index (χ3n) is 2.72. The summed E-state index contributed by atoms with van der Waals surface area (Å²) < 4.78 is 21.9. The van der Waals surface area contributed by atoms with Gasteiger partial charge in [0.1, 0.15) is 9.84 Å². The highest BCUT2D eigenvalue weighted by molar-refractivity contribution is 7.90. The fourth-order valence-electron chi connectivity index (χ4n) is 1.93. The van der Waals surface area contributed by atoms with Crippen molar-refractivity contribution >= 4 is 9.84 Å². The summed E-state index contributed by atoms with van der Waals surface area (Å²) in [4.78, 5) is 2.11. The second-order valence-corrected chi connectivity index (χ2v) is 6.42. The molecule has 1 atom stereocenters. The maximum Gasteiger partial charge on any atom is 0.147 e. The first-order chi connectivity index (χ1) is 7.03. The van der Waals surface area contributed by atoms with Crippen LogP contribution in [0, 0.1) is 11.3 Å². The van der Waals surface area contributed by atoms with Crippen LogP contribution in [-0.4, -0.2) is 44.5 Å². The van der Waals surface area contributed by atoms with Crippen molar-refractivity contribution in [3.8, 4) is 6.07 Å². The van der Waals surface area contributed by atoms with Gasteiger partial charge >= 0.3 is 0 Å². The molecule has 1 fully saturated rings. The van der Waals surface area contributed by atoms with Crippen LogP contribution < -0.4 is 0 Å². The van der Waals surface area contributed by atoms with Gasteiger partial charge in [-0.25, -0.2) is 8.42 Å². The predicted molar refractivity (Wildman–Crippen MR) is 59.2 cm³/mol. The molecule has 5 heteroatoms. The van der Waals surface area contributed by atoms with Gasteiger partial charge in [-0.15, -0.1) is 0 Å². The normalized spacial score (nSPS) is 23.6. The first kappa shape index (κ1) is 12.5. The van der Waals surface area contributed by atoms with E-state index in [1.54, 1.807) is 0 Å². The minimum absolute atomic E-state index is 0.00156. The maximum absolute atomic E-state index is 10.9. The van der Waals surface area contributed by atoms with Gasteiger partial charge in [0, 0.05) is 12.8 Å². The highest BCUT2D eigenvalue weighted by Gasteiger charge is 2.21. The minimum Gasteiger partial charge on any atom is -0.288 e. The number of nitriles is 1. The molecule has 0 N–H and O–H groups in total. The topological polar surface area (TPSA) is 61.2 Å². The maximum atomic E-state index is 10.9. The molecule has 0 aliphatic carbocycles. The Hall–Kier alpha value is -0.600. The van der Waals surface area contributed by atoms with Crippen molar-refractivity contribution in [2.75, 3.05) is 25.1 Å². The second-order valence-electron chi connectivity index (χ2n) is 4.16. The van der Waals surface area contributed by atoms with Crippen LogP contribution in [0.3, 0.4) is 0 Å². The van der Waals surface area contributed by atoms with Crippen molar-refractivity contribution in [1.82, 2.24) is 4.90 Å². The highest BCUT2D eigenvalue weighted by Crippen LogP contribution is 2.16. The lowest BCUT2D eigenvalue weighted by Crippen LogP contribution is -2.39.